The molecule has 0 aliphatic heterocycles. The van der Waals surface area contributed by atoms with Crippen LogP contribution >= 0.6 is 0 Å². The number of hydrogen-bond acceptors (Lipinski definition) is 3. The van der Waals surface area contributed by atoms with Crippen molar-refractivity contribution in [3.05, 3.63) is 29.1 Å². The smallest absolute Gasteiger partial charge is 0.241 e. The second-order valence-corrected chi connectivity index (χ2v) is 7.05. The van der Waals surface area contributed by atoms with E-state index in [0.29, 0.717) is 30.5 Å². The quantitative estimate of drug-likeness (QED) is 0.846. The molecule has 1 rings (SSSR count). The van der Waals surface area contributed by atoms with Gasteiger partial charge in [0.1, 0.15) is 5.82 Å². The molecule has 114 valence electrons. The zero-order valence-corrected chi connectivity index (χ0v) is 13.3. The summed E-state index contributed by atoms with van der Waals surface area (Å²) in [6.45, 7) is 7.32. The molecule has 0 spiro atoms. The van der Waals surface area contributed by atoms with Crippen LogP contribution in [-0.4, -0.2) is 20.5 Å². The lowest BCUT2D eigenvalue weighted by molar-refractivity contribution is 0.379. The summed E-state index contributed by atoms with van der Waals surface area (Å²) in [4.78, 5) is 0.149. The number of sulfonamides is 1. The second-order valence-electron chi connectivity index (χ2n) is 5.43. The highest BCUT2D eigenvalue weighted by Crippen LogP contribution is 2.24. The van der Waals surface area contributed by atoms with Gasteiger partial charge in [0.2, 0.25) is 10.0 Å². The molecule has 0 amide bonds. The molecule has 0 aliphatic rings. The van der Waals surface area contributed by atoms with Gasteiger partial charge in [-0.2, -0.15) is 0 Å². The van der Waals surface area contributed by atoms with Crippen molar-refractivity contribution in [2.45, 2.75) is 51.0 Å². The van der Waals surface area contributed by atoms with E-state index in [9.17, 15) is 12.8 Å². The molecule has 0 aromatic heterocycles. The molecule has 3 N–H and O–H groups in total. The summed E-state index contributed by atoms with van der Waals surface area (Å²) in [5, 5.41) is 0. The standard InChI is InChI=1S/C14H23FN2O2S/c1-5-14(4,6-7-16)17-20(18,19)13-10(2)8-12(15)9-11(13)3/h8-9,17H,5-7,16H2,1-4H3. The molecule has 0 radical (unpaired) electrons. The van der Waals surface area contributed by atoms with Crippen molar-refractivity contribution < 1.29 is 12.8 Å². The maximum absolute atomic E-state index is 13.3. The second kappa shape index (κ2) is 6.20. The fourth-order valence-electron chi connectivity index (χ4n) is 2.32. The van der Waals surface area contributed by atoms with Crippen LogP contribution in [0.3, 0.4) is 0 Å². The summed E-state index contributed by atoms with van der Waals surface area (Å²) in [7, 11) is -3.70. The Hall–Kier alpha value is -0.980. The number of nitrogens with one attached hydrogen (secondary N) is 1. The Morgan fingerprint density at radius 3 is 2.20 bits per heavy atom. The third kappa shape index (κ3) is 3.77. The maximum atomic E-state index is 13.3. The largest absolute Gasteiger partial charge is 0.330 e. The van der Waals surface area contributed by atoms with Crippen LogP contribution in [0.4, 0.5) is 4.39 Å². The fourth-order valence-corrected chi connectivity index (χ4v) is 4.28. The molecule has 1 atom stereocenters. The van der Waals surface area contributed by atoms with Crippen LogP contribution in [-0.2, 0) is 10.0 Å². The SMILES string of the molecule is CCC(C)(CCN)NS(=O)(=O)c1c(C)cc(F)cc1C. The van der Waals surface area contributed by atoms with E-state index in [1.165, 1.54) is 12.1 Å². The molecule has 1 aromatic carbocycles. The van der Waals surface area contributed by atoms with Gasteiger partial charge in [0.15, 0.2) is 0 Å². The summed E-state index contributed by atoms with van der Waals surface area (Å²) in [5.74, 6) is -0.431. The minimum Gasteiger partial charge on any atom is -0.330 e. The van der Waals surface area contributed by atoms with Crippen molar-refractivity contribution in [3.63, 3.8) is 0 Å². The van der Waals surface area contributed by atoms with Crippen molar-refractivity contribution in [2.75, 3.05) is 6.54 Å². The molecule has 0 saturated heterocycles. The van der Waals surface area contributed by atoms with Gasteiger partial charge >= 0.3 is 0 Å². The third-order valence-electron chi connectivity index (χ3n) is 3.55. The van der Waals surface area contributed by atoms with Crippen LogP contribution in [0.15, 0.2) is 17.0 Å². The maximum Gasteiger partial charge on any atom is 0.241 e. The Morgan fingerprint density at radius 1 is 1.30 bits per heavy atom. The van der Waals surface area contributed by atoms with Gasteiger partial charge in [-0.1, -0.05) is 6.92 Å². The van der Waals surface area contributed by atoms with Crippen LogP contribution in [0.25, 0.3) is 0 Å². The highest BCUT2D eigenvalue weighted by Gasteiger charge is 2.30. The molecule has 20 heavy (non-hydrogen) atoms. The van der Waals surface area contributed by atoms with Crippen LogP contribution < -0.4 is 10.5 Å². The van der Waals surface area contributed by atoms with E-state index in [0.717, 1.165) is 0 Å². The molecule has 0 heterocycles. The topological polar surface area (TPSA) is 72.2 Å². The van der Waals surface area contributed by atoms with Crippen molar-refractivity contribution in [3.8, 4) is 0 Å². The van der Waals surface area contributed by atoms with Crippen molar-refractivity contribution >= 4 is 10.0 Å². The molecule has 1 unspecified atom stereocenters. The van der Waals surface area contributed by atoms with Crippen LogP contribution in [0.1, 0.15) is 37.8 Å². The summed E-state index contributed by atoms with van der Waals surface area (Å²) in [6.07, 6.45) is 1.17. The number of halogens is 1. The van der Waals surface area contributed by atoms with E-state index in [1.807, 2.05) is 13.8 Å². The molecular weight excluding hydrogens is 279 g/mol. The lowest BCUT2D eigenvalue weighted by Gasteiger charge is -2.29. The van der Waals surface area contributed by atoms with E-state index in [1.54, 1.807) is 13.8 Å². The first-order valence-electron chi connectivity index (χ1n) is 6.66. The highest BCUT2D eigenvalue weighted by atomic mass is 32.2. The molecule has 0 fully saturated rings. The van der Waals surface area contributed by atoms with Gasteiger partial charge in [0, 0.05) is 5.54 Å². The Morgan fingerprint density at radius 2 is 1.80 bits per heavy atom. The highest BCUT2D eigenvalue weighted by molar-refractivity contribution is 7.89. The number of aryl methyl sites for hydroxylation is 2. The van der Waals surface area contributed by atoms with Crippen molar-refractivity contribution in [1.29, 1.82) is 0 Å². The van der Waals surface area contributed by atoms with Crippen LogP contribution in [0.2, 0.25) is 0 Å². The van der Waals surface area contributed by atoms with E-state index in [4.69, 9.17) is 5.73 Å². The molecule has 0 bridgehead atoms. The van der Waals surface area contributed by atoms with Gasteiger partial charge in [-0.05, 0) is 63.4 Å². The average Bonchev–Trinajstić information content (AvgIpc) is 2.26. The third-order valence-corrected chi connectivity index (χ3v) is 5.49. The van der Waals surface area contributed by atoms with Gasteiger partial charge in [-0.15, -0.1) is 0 Å². The van der Waals surface area contributed by atoms with Gasteiger partial charge in [0.25, 0.3) is 0 Å². The Balaban J connectivity index is 3.25. The van der Waals surface area contributed by atoms with E-state index < -0.39 is 21.4 Å². The first-order valence-corrected chi connectivity index (χ1v) is 8.14. The Bertz CT molecular complexity index is 564. The summed E-state index contributed by atoms with van der Waals surface area (Å²) < 4.78 is 41.1. The number of nitrogens with two attached hydrogens (primary N) is 1. The van der Waals surface area contributed by atoms with Gasteiger partial charge in [-0.3, -0.25) is 0 Å². The molecular formula is C14H23FN2O2S. The van der Waals surface area contributed by atoms with Gasteiger partial charge < -0.3 is 5.73 Å². The summed E-state index contributed by atoms with van der Waals surface area (Å²) in [5.41, 5.74) is 5.75. The Labute approximate surface area is 120 Å². The lowest BCUT2D eigenvalue weighted by atomic mass is 9.96. The molecule has 0 saturated carbocycles. The zero-order chi connectivity index (χ0) is 15.6. The van der Waals surface area contributed by atoms with Crippen LogP contribution in [0, 0.1) is 19.7 Å². The first kappa shape index (κ1) is 17.1. The zero-order valence-electron chi connectivity index (χ0n) is 12.5. The van der Waals surface area contributed by atoms with Crippen molar-refractivity contribution in [1.82, 2.24) is 4.72 Å². The van der Waals surface area contributed by atoms with Crippen LogP contribution in [0.5, 0.6) is 0 Å². The Kier molecular flexibility index (Phi) is 5.29. The fraction of sp³-hybridized carbons (Fsp3) is 0.571. The number of hydrogen-bond donors (Lipinski definition) is 2. The first-order chi connectivity index (χ1) is 9.15. The van der Waals surface area contributed by atoms with E-state index >= 15 is 0 Å². The van der Waals surface area contributed by atoms with E-state index in [2.05, 4.69) is 4.72 Å². The normalized spacial score (nSPS) is 15.1. The predicted octanol–water partition coefficient (Wildman–Crippen LogP) is 2.24. The summed E-state index contributed by atoms with van der Waals surface area (Å²) >= 11 is 0. The molecule has 4 nitrogen and oxygen atoms in total. The van der Waals surface area contributed by atoms with E-state index in [-0.39, 0.29) is 4.90 Å². The lowest BCUT2D eigenvalue weighted by Crippen LogP contribution is -2.47. The van der Waals surface area contributed by atoms with Gasteiger partial charge in [0.05, 0.1) is 4.90 Å². The minimum absolute atomic E-state index is 0.149. The van der Waals surface area contributed by atoms with Crippen molar-refractivity contribution in [2.24, 2.45) is 5.73 Å². The van der Waals surface area contributed by atoms with Gasteiger partial charge in [-0.25, -0.2) is 17.5 Å². The summed E-state index contributed by atoms with van der Waals surface area (Å²) in [6, 6.07) is 2.46. The average molecular weight is 302 g/mol. The molecule has 1 aromatic rings. The minimum atomic E-state index is -3.70. The number of benzene rings is 1. The monoisotopic (exact) mass is 302 g/mol. The molecule has 6 heteroatoms. The molecule has 0 aliphatic carbocycles. The predicted molar refractivity (Wildman–Crippen MR) is 78.6 cm³/mol. The number of rotatable bonds is 6.